The van der Waals surface area contributed by atoms with E-state index in [-0.39, 0.29) is 17.6 Å². The fourth-order valence-electron chi connectivity index (χ4n) is 1.27. The molecule has 1 heterocycles. The second-order valence-electron chi connectivity index (χ2n) is 4.22. The van der Waals surface area contributed by atoms with Crippen LogP contribution in [0, 0.1) is 0 Å². The summed E-state index contributed by atoms with van der Waals surface area (Å²) in [5, 5.41) is 5.69. The molecule has 2 N–H and O–H groups in total. The molecule has 6 heteroatoms. The first-order valence-corrected chi connectivity index (χ1v) is 6.00. The standard InChI is InChI=1S/C12H16ClN3O2/c1-7(2)15-11(17)8(3)16-12(18)10-6-9(13)4-5-14-10/h4-8H,1-3H3,(H,15,17)(H,16,18). The third kappa shape index (κ3) is 4.33. The molecule has 98 valence electrons. The van der Waals surface area contributed by atoms with E-state index in [0.717, 1.165) is 0 Å². The topological polar surface area (TPSA) is 71.1 Å². The number of nitrogens with one attached hydrogen (secondary N) is 2. The van der Waals surface area contributed by atoms with E-state index in [1.165, 1.54) is 12.3 Å². The van der Waals surface area contributed by atoms with Crippen molar-refractivity contribution in [3.63, 3.8) is 0 Å². The van der Waals surface area contributed by atoms with Crippen molar-refractivity contribution in [2.24, 2.45) is 0 Å². The highest BCUT2D eigenvalue weighted by Crippen LogP contribution is 2.07. The Bertz CT molecular complexity index is 449. The van der Waals surface area contributed by atoms with Gasteiger partial charge in [0.1, 0.15) is 11.7 Å². The molecule has 1 rings (SSSR count). The Kier molecular flexibility index (Phi) is 5.09. The van der Waals surface area contributed by atoms with E-state index in [2.05, 4.69) is 15.6 Å². The average molecular weight is 270 g/mol. The lowest BCUT2D eigenvalue weighted by Gasteiger charge is -2.15. The zero-order valence-electron chi connectivity index (χ0n) is 10.5. The van der Waals surface area contributed by atoms with Crippen LogP contribution >= 0.6 is 11.6 Å². The van der Waals surface area contributed by atoms with Crippen molar-refractivity contribution in [1.29, 1.82) is 0 Å². The number of rotatable bonds is 4. The van der Waals surface area contributed by atoms with Gasteiger partial charge in [0.2, 0.25) is 5.91 Å². The van der Waals surface area contributed by atoms with Crippen molar-refractivity contribution in [1.82, 2.24) is 15.6 Å². The van der Waals surface area contributed by atoms with Crippen LogP contribution in [0.15, 0.2) is 18.3 Å². The highest BCUT2D eigenvalue weighted by Gasteiger charge is 2.17. The number of pyridine rings is 1. The number of halogens is 1. The predicted molar refractivity (Wildman–Crippen MR) is 69.5 cm³/mol. The fraction of sp³-hybridized carbons (Fsp3) is 0.417. The van der Waals surface area contributed by atoms with Crippen molar-refractivity contribution in [3.8, 4) is 0 Å². The fourth-order valence-corrected chi connectivity index (χ4v) is 1.43. The van der Waals surface area contributed by atoms with Crippen molar-refractivity contribution < 1.29 is 9.59 Å². The number of aromatic nitrogens is 1. The van der Waals surface area contributed by atoms with Crippen LogP contribution in [-0.4, -0.2) is 28.9 Å². The van der Waals surface area contributed by atoms with Gasteiger partial charge in [-0.15, -0.1) is 0 Å². The van der Waals surface area contributed by atoms with E-state index < -0.39 is 11.9 Å². The van der Waals surface area contributed by atoms with Gasteiger partial charge in [-0.1, -0.05) is 11.6 Å². The maximum absolute atomic E-state index is 11.8. The molecular weight excluding hydrogens is 254 g/mol. The van der Waals surface area contributed by atoms with Crippen molar-refractivity contribution >= 4 is 23.4 Å². The molecule has 0 radical (unpaired) electrons. The third-order valence-corrected chi connectivity index (χ3v) is 2.36. The summed E-state index contributed by atoms with van der Waals surface area (Å²) in [6, 6.07) is 2.43. The SMILES string of the molecule is CC(C)NC(=O)C(C)NC(=O)c1cc(Cl)ccn1. The summed E-state index contributed by atoms with van der Waals surface area (Å²) in [5.41, 5.74) is 0.187. The van der Waals surface area contributed by atoms with Crippen molar-refractivity contribution in [2.45, 2.75) is 32.9 Å². The number of hydrogen-bond donors (Lipinski definition) is 2. The number of amides is 2. The van der Waals surface area contributed by atoms with E-state index in [9.17, 15) is 9.59 Å². The van der Waals surface area contributed by atoms with E-state index in [0.29, 0.717) is 5.02 Å². The van der Waals surface area contributed by atoms with E-state index in [1.54, 1.807) is 13.0 Å². The van der Waals surface area contributed by atoms with E-state index in [4.69, 9.17) is 11.6 Å². The molecule has 1 aromatic heterocycles. The van der Waals surface area contributed by atoms with Crippen LogP contribution in [0.1, 0.15) is 31.3 Å². The molecule has 1 unspecified atom stereocenters. The number of nitrogens with zero attached hydrogens (tertiary/aromatic N) is 1. The van der Waals surface area contributed by atoms with Crippen LogP contribution in [0.3, 0.4) is 0 Å². The van der Waals surface area contributed by atoms with Gasteiger partial charge in [-0.2, -0.15) is 0 Å². The molecule has 0 bridgehead atoms. The van der Waals surface area contributed by atoms with E-state index in [1.807, 2.05) is 13.8 Å². The summed E-state index contributed by atoms with van der Waals surface area (Å²) < 4.78 is 0. The predicted octanol–water partition coefficient (Wildman–Crippen LogP) is 1.38. The van der Waals surface area contributed by atoms with Gasteiger partial charge in [0.05, 0.1) is 0 Å². The summed E-state index contributed by atoms with van der Waals surface area (Å²) in [4.78, 5) is 27.3. The Morgan fingerprint density at radius 3 is 2.50 bits per heavy atom. The molecule has 0 aliphatic carbocycles. The van der Waals surface area contributed by atoms with Gasteiger partial charge < -0.3 is 10.6 Å². The molecule has 0 aromatic carbocycles. The minimum absolute atomic E-state index is 0.0288. The van der Waals surface area contributed by atoms with Gasteiger partial charge in [0, 0.05) is 17.3 Å². The van der Waals surface area contributed by atoms with Gasteiger partial charge in [0.25, 0.3) is 5.91 Å². The first kappa shape index (κ1) is 14.4. The quantitative estimate of drug-likeness (QED) is 0.867. The second kappa shape index (κ2) is 6.35. The van der Waals surface area contributed by atoms with Crippen molar-refractivity contribution in [3.05, 3.63) is 29.0 Å². The monoisotopic (exact) mass is 269 g/mol. The Balaban J connectivity index is 2.62. The molecule has 1 atom stereocenters. The summed E-state index contributed by atoms with van der Waals surface area (Å²) in [7, 11) is 0. The Labute approximate surface area is 111 Å². The molecule has 0 saturated heterocycles. The maximum atomic E-state index is 11.8. The molecular formula is C12H16ClN3O2. The van der Waals surface area contributed by atoms with Crippen LogP contribution in [-0.2, 0) is 4.79 Å². The molecule has 0 spiro atoms. The van der Waals surface area contributed by atoms with Crippen LogP contribution < -0.4 is 10.6 Å². The van der Waals surface area contributed by atoms with Gasteiger partial charge in [-0.3, -0.25) is 14.6 Å². The normalized spacial score (nSPS) is 12.1. The Morgan fingerprint density at radius 2 is 1.94 bits per heavy atom. The van der Waals surface area contributed by atoms with Gasteiger partial charge >= 0.3 is 0 Å². The molecule has 0 aliphatic rings. The third-order valence-electron chi connectivity index (χ3n) is 2.13. The Morgan fingerprint density at radius 1 is 1.28 bits per heavy atom. The molecule has 2 amide bonds. The average Bonchev–Trinajstić information content (AvgIpc) is 2.27. The summed E-state index contributed by atoms with van der Waals surface area (Å²) >= 11 is 5.76. The van der Waals surface area contributed by atoms with Crippen LogP contribution in [0.5, 0.6) is 0 Å². The van der Waals surface area contributed by atoms with Crippen LogP contribution in [0.25, 0.3) is 0 Å². The maximum Gasteiger partial charge on any atom is 0.270 e. The lowest BCUT2D eigenvalue weighted by Crippen LogP contribution is -2.46. The molecule has 0 saturated carbocycles. The zero-order chi connectivity index (χ0) is 13.7. The van der Waals surface area contributed by atoms with Crippen LogP contribution in [0.2, 0.25) is 5.02 Å². The lowest BCUT2D eigenvalue weighted by atomic mass is 10.2. The highest BCUT2D eigenvalue weighted by atomic mass is 35.5. The highest BCUT2D eigenvalue weighted by molar-refractivity contribution is 6.30. The molecule has 0 aliphatic heterocycles. The second-order valence-corrected chi connectivity index (χ2v) is 4.65. The minimum atomic E-state index is -0.624. The van der Waals surface area contributed by atoms with Crippen molar-refractivity contribution in [2.75, 3.05) is 0 Å². The molecule has 18 heavy (non-hydrogen) atoms. The largest absolute Gasteiger partial charge is 0.352 e. The number of carbonyl (C=O) groups excluding carboxylic acids is 2. The zero-order valence-corrected chi connectivity index (χ0v) is 11.3. The first-order valence-electron chi connectivity index (χ1n) is 5.63. The summed E-state index contributed by atoms with van der Waals surface area (Å²) in [6.45, 7) is 5.32. The minimum Gasteiger partial charge on any atom is -0.352 e. The molecule has 1 aromatic rings. The molecule has 5 nitrogen and oxygen atoms in total. The lowest BCUT2D eigenvalue weighted by molar-refractivity contribution is -0.123. The smallest absolute Gasteiger partial charge is 0.270 e. The van der Waals surface area contributed by atoms with E-state index >= 15 is 0 Å². The summed E-state index contributed by atoms with van der Waals surface area (Å²) in [6.07, 6.45) is 1.44. The summed E-state index contributed by atoms with van der Waals surface area (Å²) in [5.74, 6) is -0.663. The Hall–Kier alpha value is -1.62. The first-order chi connectivity index (χ1) is 8.40. The molecule has 0 fully saturated rings. The van der Waals surface area contributed by atoms with Gasteiger partial charge in [-0.05, 0) is 32.9 Å². The number of carbonyl (C=O) groups is 2. The van der Waals surface area contributed by atoms with Gasteiger partial charge in [0.15, 0.2) is 0 Å². The number of hydrogen-bond acceptors (Lipinski definition) is 3. The van der Waals surface area contributed by atoms with Gasteiger partial charge in [-0.25, -0.2) is 0 Å². The van der Waals surface area contributed by atoms with Crippen LogP contribution in [0.4, 0.5) is 0 Å².